The van der Waals surface area contributed by atoms with Crippen molar-refractivity contribution in [1.29, 1.82) is 0 Å². The molecule has 1 aliphatic rings. The molecule has 1 atom stereocenters. The normalized spacial score (nSPS) is 19.4. The average molecular weight is 282 g/mol. The molecule has 1 heterocycles. The molecule has 0 radical (unpaired) electrons. The second kappa shape index (κ2) is 6.23. The maximum atomic E-state index is 5.96. The molecule has 1 aromatic carbocycles. The molecule has 106 valence electrons. The van der Waals surface area contributed by atoms with Crippen LogP contribution in [0.4, 0.5) is 0 Å². The van der Waals surface area contributed by atoms with Gasteiger partial charge in [-0.25, -0.2) is 0 Å². The third kappa shape index (κ3) is 3.29. The van der Waals surface area contributed by atoms with Crippen molar-refractivity contribution in [2.24, 2.45) is 5.84 Å². The highest BCUT2D eigenvalue weighted by atomic mass is 35.5. The summed E-state index contributed by atoms with van der Waals surface area (Å²) in [7, 11) is 0. The van der Waals surface area contributed by atoms with Gasteiger partial charge in [0.05, 0.1) is 6.04 Å². The smallest absolute Gasteiger partial charge is 0.0638 e. The number of hydrogen-bond donors (Lipinski definition) is 2. The van der Waals surface area contributed by atoms with Crippen LogP contribution in [-0.4, -0.2) is 23.5 Å². The van der Waals surface area contributed by atoms with Crippen LogP contribution in [0.1, 0.15) is 44.7 Å². The Labute approximate surface area is 121 Å². The zero-order chi connectivity index (χ0) is 13.9. The summed E-state index contributed by atoms with van der Waals surface area (Å²) in [5.74, 6) is 5.83. The van der Waals surface area contributed by atoms with Gasteiger partial charge < -0.3 is 0 Å². The molecule has 0 saturated carbocycles. The Morgan fingerprint density at radius 1 is 1.16 bits per heavy atom. The first-order valence-electron chi connectivity index (χ1n) is 7.02. The quantitative estimate of drug-likeness (QED) is 0.658. The topological polar surface area (TPSA) is 41.3 Å². The van der Waals surface area contributed by atoms with Crippen molar-refractivity contribution in [3.63, 3.8) is 0 Å². The largest absolute Gasteiger partial charge is 0.296 e. The van der Waals surface area contributed by atoms with Gasteiger partial charge in [0, 0.05) is 10.6 Å². The van der Waals surface area contributed by atoms with Gasteiger partial charge in [0.2, 0.25) is 0 Å². The van der Waals surface area contributed by atoms with Gasteiger partial charge in [0.15, 0.2) is 0 Å². The molecule has 3 nitrogen and oxygen atoms in total. The highest BCUT2D eigenvalue weighted by Crippen LogP contribution is 2.33. The Balaban J connectivity index is 2.21. The first-order valence-corrected chi connectivity index (χ1v) is 7.40. The number of rotatable bonds is 4. The lowest BCUT2D eigenvalue weighted by Gasteiger charge is -2.45. The predicted molar refractivity (Wildman–Crippen MR) is 81.0 cm³/mol. The van der Waals surface area contributed by atoms with Crippen molar-refractivity contribution in [2.45, 2.75) is 44.7 Å². The van der Waals surface area contributed by atoms with Gasteiger partial charge in [0.1, 0.15) is 0 Å². The molecule has 4 heteroatoms. The van der Waals surface area contributed by atoms with Gasteiger partial charge in [-0.05, 0) is 57.5 Å². The first-order chi connectivity index (χ1) is 9.05. The zero-order valence-corrected chi connectivity index (χ0v) is 12.6. The Morgan fingerprint density at radius 3 is 2.26 bits per heavy atom. The molecule has 1 fully saturated rings. The summed E-state index contributed by atoms with van der Waals surface area (Å²) in [6.45, 7) is 6.83. The molecular weight excluding hydrogens is 258 g/mol. The number of nitrogens with one attached hydrogen (secondary N) is 1. The fourth-order valence-corrected chi connectivity index (χ4v) is 3.14. The molecule has 1 aliphatic heterocycles. The van der Waals surface area contributed by atoms with Crippen LogP contribution >= 0.6 is 11.6 Å². The van der Waals surface area contributed by atoms with Gasteiger partial charge in [-0.2, -0.15) is 0 Å². The number of nitrogens with two attached hydrogens (primary N) is 1. The summed E-state index contributed by atoms with van der Waals surface area (Å²) >= 11 is 5.96. The molecule has 0 amide bonds. The van der Waals surface area contributed by atoms with Crippen LogP contribution < -0.4 is 11.3 Å². The predicted octanol–water partition coefficient (Wildman–Crippen LogP) is 3.11. The molecule has 2 rings (SSSR count). The Bertz CT molecular complexity index is 396. The lowest BCUT2D eigenvalue weighted by atomic mass is 9.86. The standard InChI is InChI=1S/C15H24ClN3/c1-15(2,19-10-4-3-5-11-19)14(18-17)12-6-8-13(16)9-7-12/h6-9,14,18H,3-5,10-11,17H2,1-2H3. The van der Waals surface area contributed by atoms with Crippen molar-refractivity contribution in [2.75, 3.05) is 13.1 Å². The molecule has 0 aromatic heterocycles. The molecule has 1 aromatic rings. The third-order valence-corrected chi connectivity index (χ3v) is 4.50. The van der Waals surface area contributed by atoms with Crippen molar-refractivity contribution in [1.82, 2.24) is 10.3 Å². The number of hydrazine groups is 1. The molecule has 1 saturated heterocycles. The monoisotopic (exact) mass is 281 g/mol. The Kier molecular flexibility index (Phi) is 4.85. The van der Waals surface area contributed by atoms with Crippen LogP contribution in [0.15, 0.2) is 24.3 Å². The van der Waals surface area contributed by atoms with Crippen LogP contribution in [-0.2, 0) is 0 Å². The van der Waals surface area contributed by atoms with Gasteiger partial charge in [0.25, 0.3) is 0 Å². The third-order valence-electron chi connectivity index (χ3n) is 4.25. The van der Waals surface area contributed by atoms with Gasteiger partial charge >= 0.3 is 0 Å². The van der Waals surface area contributed by atoms with Crippen molar-refractivity contribution < 1.29 is 0 Å². The number of hydrogen-bond acceptors (Lipinski definition) is 3. The van der Waals surface area contributed by atoms with E-state index < -0.39 is 0 Å². The molecule has 0 bridgehead atoms. The lowest BCUT2D eigenvalue weighted by Crippen LogP contribution is -2.55. The summed E-state index contributed by atoms with van der Waals surface area (Å²) < 4.78 is 0. The highest BCUT2D eigenvalue weighted by molar-refractivity contribution is 6.30. The van der Waals surface area contributed by atoms with Crippen LogP contribution in [0.5, 0.6) is 0 Å². The number of nitrogens with zero attached hydrogens (tertiary/aromatic N) is 1. The van der Waals surface area contributed by atoms with Crippen molar-refractivity contribution in [3.05, 3.63) is 34.9 Å². The minimum absolute atomic E-state index is 0.0109. The molecule has 3 N–H and O–H groups in total. The summed E-state index contributed by atoms with van der Waals surface area (Å²) in [6.07, 6.45) is 3.90. The van der Waals surface area contributed by atoms with E-state index in [1.54, 1.807) is 0 Å². The zero-order valence-electron chi connectivity index (χ0n) is 11.8. The summed E-state index contributed by atoms with van der Waals surface area (Å²) in [5, 5.41) is 0.760. The van der Waals surface area contributed by atoms with E-state index in [1.165, 1.54) is 24.8 Å². The van der Waals surface area contributed by atoms with E-state index in [1.807, 2.05) is 12.1 Å². The minimum atomic E-state index is -0.0109. The summed E-state index contributed by atoms with van der Waals surface area (Å²) in [5.41, 5.74) is 4.16. The van der Waals surface area contributed by atoms with Crippen LogP contribution in [0.2, 0.25) is 5.02 Å². The molecule has 1 unspecified atom stereocenters. The lowest BCUT2D eigenvalue weighted by molar-refractivity contribution is 0.0608. The molecule has 0 spiro atoms. The maximum Gasteiger partial charge on any atom is 0.0638 e. The minimum Gasteiger partial charge on any atom is -0.296 e. The van der Waals surface area contributed by atoms with Crippen LogP contribution in [0, 0.1) is 0 Å². The van der Waals surface area contributed by atoms with E-state index >= 15 is 0 Å². The Hall–Kier alpha value is -0.610. The van der Waals surface area contributed by atoms with E-state index in [4.69, 9.17) is 17.4 Å². The van der Waals surface area contributed by atoms with E-state index in [9.17, 15) is 0 Å². The number of piperidine rings is 1. The number of likely N-dealkylation sites (tertiary alicyclic amines) is 1. The molecule has 19 heavy (non-hydrogen) atoms. The van der Waals surface area contributed by atoms with E-state index in [0.717, 1.165) is 18.1 Å². The average Bonchev–Trinajstić information content (AvgIpc) is 2.42. The van der Waals surface area contributed by atoms with E-state index in [2.05, 4.69) is 36.3 Å². The fraction of sp³-hybridized carbons (Fsp3) is 0.600. The number of benzene rings is 1. The summed E-state index contributed by atoms with van der Waals surface area (Å²) in [4.78, 5) is 2.54. The molecular formula is C15H24ClN3. The van der Waals surface area contributed by atoms with E-state index in [-0.39, 0.29) is 11.6 Å². The van der Waals surface area contributed by atoms with Gasteiger partial charge in [-0.1, -0.05) is 30.2 Å². The second-order valence-corrected chi connectivity index (χ2v) is 6.29. The first kappa shape index (κ1) is 14.8. The van der Waals surface area contributed by atoms with Crippen molar-refractivity contribution in [3.8, 4) is 0 Å². The van der Waals surface area contributed by atoms with E-state index in [0.29, 0.717) is 0 Å². The summed E-state index contributed by atoms with van der Waals surface area (Å²) in [6, 6.07) is 8.06. The molecule has 0 aliphatic carbocycles. The van der Waals surface area contributed by atoms with Gasteiger partial charge in [-0.3, -0.25) is 16.2 Å². The highest BCUT2D eigenvalue weighted by Gasteiger charge is 2.36. The second-order valence-electron chi connectivity index (χ2n) is 5.85. The van der Waals surface area contributed by atoms with Crippen molar-refractivity contribution >= 4 is 11.6 Å². The van der Waals surface area contributed by atoms with Crippen LogP contribution in [0.3, 0.4) is 0 Å². The SMILES string of the molecule is CC(C)(C(NN)c1ccc(Cl)cc1)N1CCCCC1. The van der Waals surface area contributed by atoms with Crippen LogP contribution in [0.25, 0.3) is 0 Å². The van der Waals surface area contributed by atoms with Gasteiger partial charge in [-0.15, -0.1) is 0 Å². The fourth-order valence-electron chi connectivity index (χ4n) is 3.02. The maximum absolute atomic E-state index is 5.96. The number of halogens is 1. The Morgan fingerprint density at radius 2 is 1.74 bits per heavy atom.